The molecule has 0 saturated heterocycles. The third-order valence-corrected chi connectivity index (χ3v) is 25.9. The van der Waals surface area contributed by atoms with Crippen molar-refractivity contribution in [2.45, 2.75) is 19.3 Å². The summed E-state index contributed by atoms with van der Waals surface area (Å²) in [6, 6.07) is 160. The predicted molar refractivity (Wildman–Crippen MR) is 535 cm³/mol. The topological polar surface area (TPSA) is 65.3 Å². The van der Waals surface area contributed by atoms with Gasteiger partial charge in [-0.1, -0.05) is 281 Å². The molecule has 0 atom stereocenters. The van der Waals surface area contributed by atoms with E-state index >= 15 is 0 Å². The lowest BCUT2D eigenvalue weighted by Crippen LogP contribution is -2.16. The van der Waals surface area contributed by atoms with Crippen molar-refractivity contribution in [3.8, 4) is 44.6 Å². The van der Waals surface area contributed by atoms with E-state index in [0.29, 0.717) is 0 Å². The Labute approximate surface area is 740 Å². The summed E-state index contributed by atoms with van der Waals surface area (Å²) in [7, 11) is 0. The van der Waals surface area contributed by atoms with Crippen molar-refractivity contribution in [3.05, 3.63) is 466 Å². The molecule has 0 amide bonds. The number of hydrogen-bond donors (Lipinski definition) is 0. The number of nitrogens with zero attached hydrogens (tertiary/aromatic N) is 5. The van der Waals surface area contributed by atoms with E-state index in [4.69, 9.17) is 18.2 Å². The minimum Gasteiger partial charge on any atom is -0.455 e. The normalized spacial score (nSPS) is 12.2. The van der Waals surface area contributed by atoms with Gasteiger partial charge in [0.1, 0.15) is 27.9 Å². The van der Waals surface area contributed by atoms with Crippen LogP contribution in [0.15, 0.2) is 468 Å². The minimum absolute atomic E-state index is 0.199. The van der Waals surface area contributed by atoms with E-state index in [9.17, 15) is 0 Å². The number of pyridine rings is 1. The summed E-state index contributed by atoms with van der Waals surface area (Å²) in [5.74, 6) is 0. The summed E-state index contributed by atoms with van der Waals surface area (Å²) >= 11 is 0. The van der Waals surface area contributed by atoms with E-state index in [0.717, 1.165) is 178 Å². The molecular weight excluding hydrogens is 1560 g/mol. The van der Waals surface area contributed by atoms with Gasteiger partial charge in [-0.05, 0) is 241 Å². The highest BCUT2D eigenvalue weighted by atomic mass is 16.3. The average molecular weight is 1640 g/mol. The Hall–Kier alpha value is -16.8. The predicted octanol–water partition coefficient (Wildman–Crippen LogP) is 34.3. The molecular formula is C120H81N5O3. The SMILES string of the molecule is CC1(C)c2cc(-c3ccc4c(c3)c3ccccc3c3c5ccc(N(c6ccccc6)c6ccccc6)cc5oc43)ccc2-c2ccc(N(c3ccccc3)c3ccccc3)cc21.c1ccc(-c2ccccc2N(c2ccc3c(c2)oc2c4ccc(-c5ccc(N(c6ccccc6)c6ccccc6)cn5)cc4c4ccccc4c32)c2cccc3c2oc2ccccc23)cc1. The quantitative estimate of drug-likeness (QED) is 0.0941. The Kier molecular flexibility index (Phi) is 18.1. The smallest absolute Gasteiger partial charge is 0.159 e. The highest BCUT2D eigenvalue weighted by molar-refractivity contribution is 6.32. The fourth-order valence-electron chi connectivity index (χ4n) is 19.9. The number of fused-ring (bicyclic) bond motifs is 22. The molecule has 25 rings (SSSR count). The van der Waals surface area contributed by atoms with Crippen LogP contribution in [0.5, 0.6) is 0 Å². The van der Waals surface area contributed by atoms with Gasteiger partial charge < -0.3 is 32.9 Å². The van der Waals surface area contributed by atoms with Crippen molar-refractivity contribution in [2.24, 2.45) is 0 Å². The maximum absolute atomic E-state index is 7.09. The number of benzene rings is 20. The number of rotatable bonds is 15. The van der Waals surface area contributed by atoms with Crippen LogP contribution in [0, 0.1) is 0 Å². The van der Waals surface area contributed by atoms with Crippen molar-refractivity contribution >= 4 is 177 Å². The first-order chi connectivity index (χ1) is 63.3. The molecule has 0 N–H and O–H groups in total. The fourth-order valence-corrected chi connectivity index (χ4v) is 19.9. The maximum Gasteiger partial charge on any atom is 0.159 e. The van der Waals surface area contributed by atoms with Crippen molar-refractivity contribution in [1.29, 1.82) is 0 Å². The second-order valence-electron chi connectivity index (χ2n) is 33.6. The summed E-state index contributed by atoms with van der Waals surface area (Å²) in [5.41, 5.74) is 29.6. The number of anilines is 12. The molecule has 8 heteroatoms. The molecule has 0 radical (unpaired) electrons. The van der Waals surface area contributed by atoms with Gasteiger partial charge in [-0.2, -0.15) is 0 Å². The molecule has 0 bridgehead atoms. The van der Waals surface area contributed by atoms with Crippen LogP contribution in [0.1, 0.15) is 25.0 Å². The summed E-state index contributed by atoms with van der Waals surface area (Å²) in [6.45, 7) is 4.74. The molecule has 4 aromatic heterocycles. The van der Waals surface area contributed by atoms with E-state index in [1.54, 1.807) is 0 Å². The van der Waals surface area contributed by atoms with Gasteiger partial charge in [-0.15, -0.1) is 0 Å². The summed E-state index contributed by atoms with van der Waals surface area (Å²) < 4.78 is 20.8. The molecule has 0 unspecified atom stereocenters. The molecule has 0 saturated carbocycles. The molecule has 1 aliphatic carbocycles. The van der Waals surface area contributed by atoms with Gasteiger partial charge in [-0.3, -0.25) is 4.98 Å². The Balaban J connectivity index is 0.000000143. The van der Waals surface area contributed by atoms with Crippen LogP contribution in [0.2, 0.25) is 0 Å². The lowest BCUT2D eigenvalue weighted by atomic mass is 9.81. The van der Waals surface area contributed by atoms with Gasteiger partial charge in [0.2, 0.25) is 0 Å². The van der Waals surface area contributed by atoms with E-state index in [1.165, 1.54) is 54.9 Å². The third-order valence-electron chi connectivity index (χ3n) is 25.9. The molecule has 24 aromatic rings. The monoisotopic (exact) mass is 1640 g/mol. The average Bonchev–Trinajstić information content (AvgIpc) is 1.55. The molecule has 1 aliphatic rings. The largest absolute Gasteiger partial charge is 0.455 e. The van der Waals surface area contributed by atoms with Gasteiger partial charge in [0.15, 0.2) is 5.58 Å². The van der Waals surface area contributed by atoms with E-state index in [-0.39, 0.29) is 5.41 Å². The number of aromatic nitrogens is 1. The van der Waals surface area contributed by atoms with Crippen LogP contribution >= 0.6 is 0 Å². The number of para-hydroxylation sites is 9. The first-order valence-electron chi connectivity index (χ1n) is 43.7. The fraction of sp³-hybridized carbons (Fsp3) is 0.0250. The first kappa shape index (κ1) is 75.0. The number of hydrogen-bond acceptors (Lipinski definition) is 8. The maximum atomic E-state index is 7.09. The Morgan fingerprint density at radius 2 is 0.570 bits per heavy atom. The molecule has 0 spiro atoms. The van der Waals surface area contributed by atoms with Gasteiger partial charge in [0, 0.05) is 117 Å². The van der Waals surface area contributed by atoms with E-state index in [1.807, 2.05) is 30.5 Å². The second-order valence-corrected chi connectivity index (χ2v) is 33.6. The molecule has 0 fully saturated rings. The minimum atomic E-state index is -0.199. The van der Waals surface area contributed by atoms with Gasteiger partial charge in [0.05, 0.1) is 34.6 Å². The summed E-state index contributed by atoms with van der Waals surface area (Å²) in [6.07, 6.45) is 1.97. The zero-order valence-electron chi connectivity index (χ0n) is 70.3. The van der Waals surface area contributed by atoms with Gasteiger partial charge in [-0.25, -0.2) is 0 Å². The van der Waals surface area contributed by atoms with Crippen molar-refractivity contribution in [1.82, 2.24) is 4.98 Å². The Morgan fingerprint density at radius 3 is 1.10 bits per heavy atom. The molecule has 20 aromatic carbocycles. The first-order valence-corrected chi connectivity index (χ1v) is 43.7. The van der Waals surface area contributed by atoms with Crippen LogP contribution < -0.4 is 19.6 Å². The van der Waals surface area contributed by atoms with Crippen molar-refractivity contribution < 1.29 is 13.3 Å². The van der Waals surface area contributed by atoms with Gasteiger partial charge >= 0.3 is 0 Å². The van der Waals surface area contributed by atoms with Crippen LogP contribution in [0.3, 0.4) is 0 Å². The molecule has 128 heavy (non-hydrogen) atoms. The molecule has 4 heterocycles. The highest BCUT2D eigenvalue weighted by Gasteiger charge is 2.37. The van der Waals surface area contributed by atoms with Crippen LogP contribution in [0.25, 0.3) is 154 Å². The van der Waals surface area contributed by atoms with E-state index in [2.05, 4.69) is 458 Å². The lowest BCUT2D eigenvalue weighted by molar-refractivity contribution is 0.660. The Morgan fingerprint density at radius 1 is 0.203 bits per heavy atom. The van der Waals surface area contributed by atoms with Crippen molar-refractivity contribution in [2.75, 3.05) is 19.6 Å². The van der Waals surface area contributed by atoms with Crippen LogP contribution in [-0.2, 0) is 5.41 Å². The van der Waals surface area contributed by atoms with Crippen LogP contribution in [-0.4, -0.2) is 4.98 Å². The summed E-state index contributed by atoms with van der Waals surface area (Å²) in [5, 5.41) is 15.8. The molecule has 604 valence electrons. The van der Waals surface area contributed by atoms with Crippen LogP contribution in [0.4, 0.5) is 68.2 Å². The van der Waals surface area contributed by atoms with Gasteiger partial charge in [0.25, 0.3) is 0 Å². The molecule has 0 aliphatic heterocycles. The lowest BCUT2D eigenvalue weighted by Gasteiger charge is -2.28. The third kappa shape index (κ3) is 12.7. The standard InChI is InChI=1S/C61H39N3O2.C59H42N2O/c1-4-17-40(18-5-1)46-23-12-14-28-55(46)64(56-29-16-27-50-48-25-13-15-30-57(48)65-60(50)56)44-32-35-52-58(38-44)66-61-51-34-31-41(37-53(51)47-24-10-11-26-49(47)59(52)61)54-36-33-45(39-62-54)63(42-19-6-2-7-20-42)43-21-8-3-9-22-43;1-59(2)54-36-40(27-31-48(54)49-33-29-45(37-55(49)59)60(41-17-7-3-8-18-41)42-19-9-4-10-20-42)39-28-32-51-53(35-39)47-25-15-16-26-50(47)57-52-34-30-46(38-56(52)62-58(51)57)61(43-21-11-5-12-22-43)44-23-13-6-14-24-44/h1-39H;3-38H,1-2H3. The summed E-state index contributed by atoms with van der Waals surface area (Å²) in [4.78, 5) is 14.3. The Bertz CT molecular complexity index is 8290. The zero-order valence-corrected chi connectivity index (χ0v) is 70.3. The molecule has 8 nitrogen and oxygen atoms in total. The van der Waals surface area contributed by atoms with Crippen molar-refractivity contribution in [3.63, 3.8) is 0 Å². The second kappa shape index (κ2) is 30.9. The van der Waals surface area contributed by atoms with E-state index < -0.39 is 0 Å². The highest BCUT2D eigenvalue weighted by Crippen LogP contribution is 2.55. The number of furan rings is 3. The zero-order chi connectivity index (χ0) is 84.9.